The fraction of sp³-hybridized carbons (Fsp3) is 0. The van der Waals surface area contributed by atoms with Gasteiger partial charge in [0.15, 0.2) is 0 Å². The first-order valence-electron chi connectivity index (χ1n) is 10.2. The number of fused-ring (bicyclic) bond motifs is 4. The first-order chi connectivity index (χ1) is 16.8. The van der Waals surface area contributed by atoms with Gasteiger partial charge in [0, 0.05) is 30.3 Å². The first-order valence-corrected chi connectivity index (χ1v) is 10.2. The lowest BCUT2D eigenvalue weighted by molar-refractivity contribution is -0.591. The number of benzene rings is 4. The number of hydrogen-bond acceptors (Lipinski definition) is 7. The number of aromatic hydroxyl groups is 1. The van der Waals surface area contributed by atoms with Gasteiger partial charge in [-0.1, -0.05) is 24.3 Å². The van der Waals surface area contributed by atoms with Crippen molar-refractivity contribution in [1.82, 2.24) is 9.46 Å². The summed E-state index contributed by atoms with van der Waals surface area (Å²) in [5, 5.41) is 53.4. The summed E-state index contributed by atoms with van der Waals surface area (Å²) < 4.78 is 2.90. The Morgan fingerprint density at radius 3 is 1.54 bits per heavy atom. The minimum Gasteiger partial charge on any atom is -0.617 e. The highest BCUT2D eigenvalue weighted by Crippen LogP contribution is 2.24. The summed E-state index contributed by atoms with van der Waals surface area (Å²) in [6, 6.07) is 19.1. The summed E-state index contributed by atoms with van der Waals surface area (Å²) in [5.74, 6) is -0.0441. The molecule has 2 aliphatic rings. The van der Waals surface area contributed by atoms with Gasteiger partial charge in [0.2, 0.25) is 10.9 Å². The average Bonchev–Trinajstić information content (AvgIpc) is 2.87. The fourth-order valence-corrected chi connectivity index (χ4v) is 3.87. The van der Waals surface area contributed by atoms with Gasteiger partial charge in [-0.3, -0.25) is 9.59 Å². The largest absolute Gasteiger partial charge is 0.617 e. The van der Waals surface area contributed by atoms with E-state index in [0.29, 0.717) is 26.0 Å². The quantitative estimate of drug-likeness (QED) is 0.0998. The standard InChI is InChI=1S/C12H8N2O4.C12H8N2O3/c15-11-5-9-10(6-12(11)16)14(18)8-4-2-1-3-7(8)13(9)17;15-8-5-6-11-12(7-8)14(17)10-4-2-1-3-9(10)13(11)16/h1-6,17-18H;1-7,15H. The van der Waals surface area contributed by atoms with Gasteiger partial charge in [0.05, 0.1) is 6.07 Å². The predicted molar refractivity (Wildman–Crippen MR) is 124 cm³/mol. The van der Waals surface area contributed by atoms with Crippen LogP contribution in [0.4, 0.5) is 0 Å². The van der Waals surface area contributed by atoms with Gasteiger partial charge in [0.25, 0.3) is 22.1 Å². The zero-order chi connectivity index (χ0) is 24.9. The first kappa shape index (κ1) is 21.5. The van der Waals surface area contributed by atoms with Crippen LogP contribution in [0.3, 0.4) is 0 Å². The molecular weight excluding hydrogens is 456 g/mol. The van der Waals surface area contributed by atoms with E-state index in [1.165, 1.54) is 18.2 Å². The van der Waals surface area contributed by atoms with E-state index in [9.17, 15) is 35.5 Å². The average molecular weight is 472 g/mol. The Hall–Kier alpha value is -5.32. The van der Waals surface area contributed by atoms with Crippen LogP contribution in [-0.2, 0) is 0 Å². The summed E-state index contributed by atoms with van der Waals surface area (Å²) in [6.45, 7) is 0. The maximum absolute atomic E-state index is 12.0. The van der Waals surface area contributed by atoms with Gasteiger partial charge >= 0.3 is 0 Å². The van der Waals surface area contributed by atoms with Crippen LogP contribution in [0.1, 0.15) is 0 Å². The van der Waals surface area contributed by atoms with Crippen molar-refractivity contribution in [3.05, 3.63) is 110 Å². The molecule has 0 fully saturated rings. The van der Waals surface area contributed by atoms with E-state index in [2.05, 4.69) is 0 Å². The molecule has 3 aromatic carbocycles. The van der Waals surface area contributed by atoms with Gasteiger partial charge in [-0.2, -0.15) is 18.9 Å². The van der Waals surface area contributed by atoms with E-state index in [1.54, 1.807) is 48.5 Å². The number of aromatic nitrogens is 4. The lowest BCUT2D eigenvalue weighted by atomic mass is 10.2. The summed E-state index contributed by atoms with van der Waals surface area (Å²) >= 11 is 0. The van der Waals surface area contributed by atoms with Crippen molar-refractivity contribution in [2.45, 2.75) is 0 Å². The smallest absolute Gasteiger partial charge is 0.294 e. The molecule has 0 atom stereocenters. The van der Waals surface area contributed by atoms with E-state index < -0.39 is 10.9 Å². The molecule has 11 nitrogen and oxygen atoms in total. The van der Waals surface area contributed by atoms with Crippen molar-refractivity contribution in [2.75, 3.05) is 0 Å². The van der Waals surface area contributed by atoms with Crippen LogP contribution in [0.25, 0.3) is 44.5 Å². The SMILES string of the molecule is O=c1cc2n(O)c3ccccc3n(O)c-2cc1=O.[O-][n+]1c2ccccc2[n+]([O-])c2cc(O)ccc21. The monoisotopic (exact) mass is 472 g/mol. The molecule has 2 heterocycles. The Balaban J connectivity index is 0.000000145. The summed E-state index contributed by atoms with van der Waals surface area (Å²) in [7, 11) is 0. The molecule has 0 saturated carbocycles. The van der Waals surface area contributed by atoms with Crippen LogP contribution in [0.2, 0.25) is 0 Å². The van der Waals surface area contributed by atoms with Crippen LogP contribution in [0.15, 0.2) is 88.5 Å². The third kappa shape index (κ3) is 3.38. The lowest BCUT2D eigenvalue weighted by Gasteiger charge is -2.16. The normalized spacial score (nSPS) is 11.1. The Morgan fingerprint density at radius 2 is 1.03 bits per heavy atom. The molecule has 35 heavy (non-hydrogen) atoms. The van der Waals surface area contributed by atoms with E-state index >= 15 is 0 Å². The highest BCUT2D eigenvalue weighted by atomic mass is 16.5. The molecule has 0 spiro atoms. The van der Waals surface area contributed by atoms with Crippen molar-refractivity contribution in [1.29, 1.82) is 0 Å². The second-order valence-corrected chi connectivity index (χ2v) is 7.65. The second-order valence-electron chi connectivity index (χ2n) is 7.65. The Kier molecular flexibility index (Phi) is 4.87. The molecule has 0 amide bonds. The third-order valence-electron chi connectivity index (χ3n) is 5.55. The van der Waals surface area contributed by atoms with Crippen LogP contribution >= 0.6 is 0 Å². The van der Waals surface area contributed by atoms with Crippen LogP contribution in [0.5, 0.6) is 5.75 Å². The number of hydrogen-bond donors (Lipinski definition) is 3. The molecule has 0 bridgehead atoms. The van der Waals surface area contributed by atoms with Crippen LogP contribution in [0, 0.1) is 10.4 Å². The Bertz CT molecular complexity index is 1790. The van der Waals surface area contributed by atoms with E-state index in [4.69, 9.17) is 0 Å². The maximum Gasteiger partial charge on any atom is 0.294 e. The molecule has 11 heteroatoms. The minimum absolute atomic E-state index is 0.0441. The van der Waals surface area contributed by atoms with Crippen LogP contribution < -0.4 is 20.3 Å². The van der Waals surface area contributed by atoms with E-state index in [1.807, 2.05) is 0 Å². The minimum atomic E-state index is -0.736. The van der Waals surface area contributed by atoms with E-state index in [0.717, 1.165) is 21.6 Å². The molecule has 1 aliphatic carbocycles. The second kappa shape index (κ2) is 7.92. The number of phenolic OH excluding ortho intramolecular Hbond substituents is 1. The number of nitrogens with zero attached hydrogens (tertiary/aromatic N) is 4. The molecule has 0 saturated heterocycles. The maximum atomic E-state index is 12.0. The van der Waals surface area contributed by atoms with Crippen molar-refractivity contribution in [3.63, 3.8) is 0 Å². The Labute approximate surface area is 194 Å². The number of phenols is 1. The predicted octanol–water partition coefficient (Wildman–Crippen LogP) is 1.71. The topological polar surface area (TPSA) is 159 Å². The number of para-hydroxylation sites is 4. The zero-order valence-electron chi connectivity index (χ0n) is 17.8. The highest BCUT2D eigenvalue weighted by molar-refractivity contribution is 5.80. The number of rotatable bonds is 0. The molecular formula is C24H16N4O7. The van der Waals surface area contributed by atoms with Gasteiger partial charge < -0.3 is 25.9 Å². The fourth-order valence-electron chi connectivity index (χ4n) is 3.87. The molecule has 3 N–H and O–H groups in total. The molecule has 4 aromatic rings. The van der Waals surface area contributed by atoms with Gasteiger partial charge in [-0.05, 0) is 18.2 Å². The van der Waals surface area contributed by atoms with Crippen molar-refractivity contribution in [3.8, 4) is 17.1 Å². The van der Waals surface area contributed by atoms with E-state index in [-0.39, 0.29) is 33.7 Å². The Morgan fingerprint density at radius 1 is 0.600 bits per heavy atom. The van der Waals surface area contributed by atoms with Crippen molar-refractivity contribution >= 4 is 33.1 Å². The molecule has 174 valence electrons. The molecule has 1 aliphatic heterocycles. The molecule has 1 aromatic heterocycles. The molecule has 6 rings (SSSR count). The van der Waals surface area contributed by atoms with Crippen molar-refractivity contribution in [2.24, 2.45) is 0 Å². The molecule has 0 unspecified atom stereocenters. The highest BCUT2D eigenvalue weighted by Gasteiger charge is 2.21. The zero-order valence-corrected chi connectivity index (χ0v) is 17.8. The van der Waals surface area contributed by atoms with Gasteiger partial charge in [-0.25, -0.2) is 0 Å². The molecule has 0 radical (unpaired) electrons. The summed E-state index contributed by atoms with van der Waals surface area (Å²) in [5.41, 5.74) is 0.287. The summed E-state index contributed by atoms with van der Waals surface area (Å²) in [6.07, 6.45) is 0. The third-order valence-corrected chi connectivity index (χ3v) is 5.55. The van der Waals surface area contributed by atoms with Crippen molar-refractivity contribution < 1.29 is 25.0 Å². The lowest BCUT2D eigenvalue weighted by Crippen LogP contribution is -2.39. The summed E-state index contributed by atoms with van der Waals surface area (Å²) in [4.78, 5) is 22.6. The van der Waals surface area contributed by atoms with Gasteiger partial charge in [-0.15, -0.1) is 0 Å². The van der Waals surface area contributed by atoms with Gasteiger partial charge in [0.1, 0.15) is 28.2 Å². The van der Waals surface area contributed by atoms with Crippen LogP contribution in [-0.4, -0.2) is 25.0 Å².